The largest absolute Gasteiger partial charge is 0.493 e. The van der Waals surface area contributed by atoms with Crippen LogP contribution in [0.3, 0.4) is 0 Å². The standard InChI is InChI=1S/C16H24N2O3/c1-12(19)8-9-17-16(20)18-10-14-4-2-3-5-15(14)21-11-13-6-7-13/h2-5,12-13,19H,6-11H2,1H3,(H2,17,18,20). The summed E-state index contributed by atoms with van der Waals surface area (Å²) in [5, 5.41) is 14.6. The van der Waals surface area contributed by atoms with Gasteiger partial charge in [0.05, 0.1) is 12.7 Å². The second-order valence-corrected chi connectivity index (χ2v) is 5.61. The van der Waals surface area contributed by atoms with Crippen molar-refractivity contribution in [2.45, 2.75) is 38.8 Å². The van der Waals surface area contributed by atoms with Crippen LogP contribution in [0.2, 0.25) is 0 Å². The maximum Gasteiger partial charge on any atom is 0.315 e. The highest BCUT2D eigenvalue weighted by atomic mass is 16.5. The van der Waals surface area contributed by atoms with Crippen LogP contribution in [0.25, 0.3) is 0 Å². The molecule has 3 N–H and O–H groups in total. The number of para-hydroxylation sites is 1. The van der Waals surface area contributed by atoms with Crippen LogP contribution >= 0.6 is 0 Å². The number of ether oxygens (including phenoxy) is 1. The minimum atomic E-state index is -0.401. The Kier molecular flexibility index (Phi) is 5.87. The lowest BCUT2D eigenvalue weighted by Gasteiger charge is -2.12. The monoisotopic (exact) mass is 292 g/mol. The SMILES string of the molecule is CC(O)CCNC(=O)NCc1ccccc1OCC1CC1. The van der Waals surface area contributed by atoms with Crippen molar-refractivity contribution in [1.29, 1.82) is 0 Å². The third kappa shape index (κ3) is 6.04. The van der Waals surface area contributed by atoms with Crippen molar-refractivity contribution < 1.29 is 14.6 Å². The van der Waals surface area contributed by atoms with E-state index in [2.05, 4.69) is 10.6 Å². The smallest absolute Gasteiger partial charge is 0.315 e. The van der Waals surface area contributed by atoms with Gasteiger partial charge in [-0.1, -0.05) is 18.2 Å². The Morgan fingerprint density at radius 3 is 2.86 bits per heavy atom. The molecule has 1 unspecified atom stereocenters. The highest BCUT2D eigenvalue weighted by molar-refractivity contribution is 5.73. The molecular formula is C16H24N2O3. The van der Waals surface area contributed by atoms with E-state index in [9.17, 15) is 4.79 Å². The van der Waals surface area contributed by atoms with E-state index >= 15 is 0 Å². The average Bonchev–Trinajstić information content (AvgIpc) is 3.27. The lowest BCUT2D eigenvalue weighted by molar-refractivity contribution is 0.183. The number of aliphatic hydroxyl groups is 1. The van der Waals surface area contributed by atoms with E-state index in [4.69, 9.17) is 9.84 Å². The van der Waals surface area contributed by atoms with Gasteiger partial charge in [0.2, 0.25) is 0 Å². The van der Waals surface area contributed by atoms with Gasteiger partial charge < -0.3 is 20.5 Å². The minimum absolute atomic E-state index is 0.229. The molecule has 1 fully saturated rings. The van der Waals surface area contributed by atoms with Gasteiger partial charge in [0.1, 0.15) is 5.75 Å². The van der Waals surface area contributed by atoms with Crippen LogP contribution in [0, 0.1) is 5.92 Å². The third-order valence-corrected chi connectivity index (χ3v) is 3.43. The Hall–Kier alpha value is -1.75. The third-order valence-electron chi connectivity index (χ3n) is 3.43. The number of carbonyl (C=O) groups is 1. The molecule has 1 aliphatic carbocycles. The topological polar surface area (TPSA) is 70.6 Å². The van der Waals surface area contributed by atoms with Crippen molar-refractivity contribution in [2.75, 3.05) is 13.2 Å². The number of hydrogen-bond donors (Lipinski definition) is 3. The van der Waals surface area contributed by atoms with Crippen molar-refractivity contribution in [1.82, 2.24) is 10.6 Å². The molecule has 5 heteroatoms. The summed E-state index contributed by atoms with van der Waals surface area (Å²) in [5.74, 6) is 1.54. The first-order chi connectivity index (χ1) is 10.1. The highest BCUT2D eigenvalue weighted by Gasteiger charge is 2.22. The van der Waals surface area contributed by atoms with Crippen LogP contribution < -0.4 is 15.4 Å². The molecule has 0 aliphatic heterocycles. The lowest BCUT2D eigenvalue weighted by Crippen LogP contribution is -2.36. The number of carbonyl (C=O) groups excluding carboxylic acids is 1. The molecule has 1 atom stereocenters. The second-order valence-electron chi connectivity index (χ2n) is 5.61. The second kappa shape index (κ2) is 7.88. The van der Waals surface area contributed by atoms with E-state index in [0.717, 1.165) is 17.9 Å². The molecule has 21 heavy (non-hydrogen) atoms. The fourth-order valence-corrected chi connectivity index (χ4v) is 1.92. The lowest BCUT2D eigenvalue weighted by atomic mass is 10.2. The molecule has 5 nitrogen and oxygen atoms in total. The van der Waals surface area contributed by atoms with E-state index in [0.29, 0.717) is 25.4 Å². The number of amides is 2. The summed E-state index contributed by atoms with van der Waals surface area (Å²) >= 11 is 0. The Morgan fingerprint density at radius 2 is 2.14 bits per heavy atom. The van der Waals surface area contributed by atoms with E-state index in [1.807, 2.05) is 24.3 Å². The molecule has 116 valence electrons. The van der Waals surface area contributed by atoms with Crippen LogP contribution in [0.1, 0.15) is 31.7 Å². The number of aliphatic hydroxyl groups excluding tert-OH is 1. The summed E-state index contributed by atoms with van der Waals surface area (Å²) in [5.41, 5.74) is 0.976. The first-order valence-electron chi connectivity index (χ1n) is 7.55. The quantitative estimate of drug-likeness (QED) is 0.686. The maximum absolute atomic E-state index is 11.6. The zero-order chi connectivity index (χ0) is 15.1. The number of nitrogens with one attached hydrogen (secondary N) is 2. The molecule has 2 rings (SSSR count). The minimum Gasteiger partial charge on any atom is -0.493 e. The molecular weight excluding hydrogens is 268 g/mol. The first kappa shape index (κ1) is 15.6. The fourth-order valence-electron chi connectivity index (χ4n) is 1.92. The Balaban J connectivity index is 1.74. The van der Waals surface area contributed by atoms with Gasteiger partial charge in [0.25, 0.3) is 0 Å². The molecule has 0 heterocycles. The number of urea groups is 1. The van der Waals surface area contributed by atoms with Gasteiger partial charge in [-0.3, -0.25) is 0 Å². The molecule has 0 radical (unpaired) electrons. The predicted octanol–water partition coefficient (Wildman–Crippen LogP) is 2.05. The van der Waals surface area contributed by atoms with Gasteiger partial charge in [-0.25, -0.2) is 4.79 Å². The van der Waals surface area contributed by atoms with E-state index < -0.39 is 6.10 Å². The number of rotatable bonds is 8. The van der Waals surface area contributed by atoms with E-state index in [1.54, 1.807) is 6.92 Å². The number of benzene rings is 1. The van der Waals surface area contributed by atoms with Gasteiger partial charge in [-0.05, 0) is 38.2 Å². The highest BCUT2D eigenvalue weighted by Crippen LogP contribution is 2.30. The molecule has 0 spiro atoms. The number of hydrogen-bond acceptors (Lipinski definition) is 3. The van der Waals surface area contributed by atoms with Crippen molar-refractivity contribution in [3.8, 4) is 5.75 Å². The molecule has 0 saturated heterocycles. The van der Waals surface area contributed by atoms with Crippen molar-refractivity contribution in [3.05, 3.63) is 29.8 Å². The average molecular weight is 292 g/mol. The van der Waals surface area contributed by atoms with Crippen LogP contribution in [0.5, 0.6) is 5.75 Å². The van der Waals surface area contributed by atoms with E-state index in [-0.39, 0.29) is 6.03 Å². The maximum atomic E-state index is 11.6. The fraction of sp³-hybridized carbons (Fsp3) is 0.562. The summed E-state index contributed by atoms with van der Waals surface area (Å²) in [6.07, 6.45) is 2.66. The molecule has 2 amide bonds. The van der Waals surface area contributed by atoms with Gasteiger partial charge >= 0.3 is 6.03 Å². The van der Waals surface area contributed by atoms with Gasteiger partial charge in [0, 0.05) is 18.7 Å². The van der Waals surface area contributed by atoms with Gasteiger partial charge in [0.15, 0.2) is 0 Å². The molecule has 0 bridgehead atoms. The summed E-state index contributed by atoms with van der Waals surface area (Å²) < 4.78 is 5.80. The molecule has 1 saturated carbocycles. The molecule has 1 aliphatic rings. The van der Waals surface area contributed by atoms with Crippen LogP contribution in [-0.2, 0) is 6.54 Å². The summed E-state index contributed by atoms with van der Waals surface area (Å²) in [7, 11) is 0. The van der Waals surface area contributed by atoms with Crippen LogP contribution in [0.4, 0.5) is 4.79 Å². The van der Waals surface area contributed by atoms with Crippen molar-refractivity contribution in [3.63, 3.8) is 0 Å². The first-order valence-corrected chi connectivity index (χ1v) is 7.55. The zero-order valence-corrected chi connectivity index (χ0v) is 12.5. The summed E-state index contributed by atoms with van der Waals surface area (Å²) in [4.78, 5) is 11.6. The van der Waals surface area contributed by atoms with Gasteiger partial charge in [-0.2, -0.15) is 0 Å². The normalized spacial score (nSPS) is 15.3. The summed E-state index contributed by atoms with van der Waals surface area (Å²) in [6, 6.07) is 7.54. The Bertz CT molecular complexity index is 459. The molecule has 0 aromatic heterocycles. The van der Waals surface area contributed by atoms with Crippen LogP contribution in [0.15, 0.2) is 24.3 Å². The predicted molar refractivity (Wildman–Crippen MR) is 81.2 cm³/mol. The van der Waals surface area contributed by atoms with E-state index in [1.165, 1.54) is 12.8 Å². The molecule has 1 aromatic rings. The van der Waals surface area contributed by atoms with Crippen molar-refractivity contribution in [2.24, 2.45) is 5.92 Å². The van der Waals surface area contributed by atoms with Crippen LogP contribution in [-0.4, -0.2) is 30.4 Å². The Morgan fingerprint density at radius 1 is 1.38 bits per heavy atom. The van der Waals surface area contributed by atoms with Crippen molar-refractivity contribution >= 4 is 6.03 Å². The van der Waals surface area contributed by atoms with Gasteiger partial charge in [-0.15, -0.1) is 0 Å². The zero-order valence-electron chi connectivity index (χ0n) is 12.5. The Labute approximate surface area is 125 Å². The molecule has 1 aromatic carbocycles. The summed E-state index contributed by atoms with van der Waals surface area (Å²) in [6.45, 7) is 3.36.